The van der Waals surface area contributed by atoms with Crippen LogP contribution in [-0.2, 0) is 48.0 Å². The second-order valence-corrected chi connectivity index (χ2v) is 20.2. The predicted octanol–water partition coefficient (Wildman–Crippen LogP) is 6.71. The number of aryl methyl sites for hydroxylation is 1. The number of methoxy groups -OCH3 is 1. The van der Waals surface area contributed by atoms with Crippen LogP contribution >= 0.6 is 0 Å². The molecule has 66 heavy (non-hydrogen) atoms. The second-order valence-electron chi connectivity index (χ2n) is 20.2. The molecule has 2 aromatic heterocycles. The Kier molecular flexibility index (Phi) is 13.9. The van der Waals surface area contributed by atoms with Gasteiger partial charge < -0.3 is 34.7 Å². The standard InChI is InChI=1S/C52H69N7O7/c1-9-58-43-19-17-34-27-39(43)40(47(58)37-14-11-21-53-44(37)31(4)65-8)28-52(5,6)29-66-51(64)41-15-12-22-59(56-41)50(63)42(25-32-23-35(34)26-36(60)24-32)55-48(61)46(30(2)3)57(7)49(62)38-18-16-33-13-10-20-54-45(33)38/h11,14,17,19,21,23-24,26-27,30-31,33,38,41-42,45-46,54,56,60H,9-10,12-13,15-16,18,20,22,25,28-29H2,1-8H3,(H,55,61)/t31-,33+,38-,41-,42-,45+,46-/m0/s1. The highest BCUT2D eigenvalue weighted by atomic mass is 16.5. The number of cyclic esters (lactones) is 1. The Balaban J connectivity index is 1.20. The number of nitrogens with one attached hydrogen (secondary N) is 3. The van der Waals surface area contributed by atoms with Crippen molar-refractivity contribution in [2.45, 2.75) is 130 Å². The molecule has 8 rings (SSSR count). The van der Waals surface area contributed by atoms with Crippen molar-refractivity contribution < 1.29 is 33.8 Å². The number of pyridine rings is 1. The lowest BCUT2D eigenvalue weighted by Gasteiger charge is -2.38. The topological polar surface area (TPSA) is 167 Å². The maximum atomic E-state index is 14.8. The first kappa shape index (κ1) is 47.2. The summed E-state index contributed by atoms with van der Waals surface area (Å²) in [7, 11) is 3.39. The number of carbonyl (C=O) groups excluding carboxylic acids is 4. The number of piperidine rings is 1. The number of benzene rings is 2. The molecule has 5 heterocycles. The molecule has 2 saturated heterocycles. The van der Waals surface area contributed by atoms with Gasteiger partial charge in [0.25, 0.3) is 5.91 Å². The Labute approximate surface area is 389 Å². The van der Waals surface area contributed by atoms with E-state index in [9.17, 15) is 24.3 Å². The number of phenols is 1. The molecule has 1 saturated carbocycles. The summed E-state index contributed by atoms with van der Waals surface area (Å²) in [5, 5.41) is 20.5. The van der Waals surface area contributed by atoms with Crippen LogP contribution in [0.2, 0.25) is 0 Å². The lowest BCUT2D eigenvalue weighted by atomic mass is 9.84. The van der Waals surface area contributed by atoms with E-state index < -0.39 is 41.3 Å². The van der Waals surface area contributed by atoms with Crippen LogP contribution in [0.25, 0.3) is 33.3 Å². The van der Waals surface area contributed by atoms with E-state index >= 15 is 0 Å². The van der Waals surface area contributed by atoms with E-state index in [1.165, 1.54) is 5.01 Å². The van der Waals surface area contributed by atoms with Crippen molar-refractivity contribution in [3.8, 4) is 28.1 Å². The number of amides is 3. The molecule has 7 atom stereocenters. The van der Waals surface area contributed by atoms with E-state index in [2.05, 4.69) is 59.6 Å². The van der Waals surface area contributed by atoms with Crippen molar-refractivity contribution >= 4 is 34.6 Å². The maximum Gasteiger partial charge on any atom is 0.324 e. The third-order valence-corrected chi connectivity index (χ3v) is 14.6. The summed E-state index contributed by atoms with van der Waals surface area (Å²) >= 11 is 0. The van der Waals surface area contributed by atoms with Crippen LogP contribution in [0.1, 0.15) is 103 Å². The Hall–Kier alpha value is -5.31. The first-order chi connectivity index (χ1) is 31.6. The van der Waals surface area contributed by atoms with Crippen molar-refractivity contribution in [1.82, 2.24) is 35.5 Å². The largest absolute Gasteiger partial charge is 0.508 e. The Morgan fingerprint density at radius 3 is 2.61 bits per heavy atom. The smallest absolute Gasteiger partial charge is 0.324 e. The number of hydrazine groups is 1. The lowest BCUT2D eigenvalue weighted by Crippen LogP contribution is -2.62. The van der Waals surface area contributed by atoms with Gasteiger partial charge in [-0.15, -0.1) is 0 Å². The van der Waals surface area contributed by atoms with Gasteiger partial charge in [0.15, 0.2) is 0 Å². The third kappa shape index (κ3) is 9.46. The van der Waals surface area contributed by atoms with Crippen molar-refractivity contribution in [3.63, 3.8) is 0 Å². The molecular weight excluding hydrogens is 835 g/mol. The Morgan fingerprint density at radius 1 is 1.05 bits per heavy atom. The van der Waals surface area contributed by atoms with Gasteiger partial charge in [-0.2, -0.15) is 0 Å². The second kappa shape index (κ2) is 19.5. The normalized spacial score (nSPS) is 24.3. The molecule has 4 N–H and O–H groups in total. The zero-order chi connectivity index (χ0) is 47.0. The number of carbonyl (C=O) groups is 4. The molecular formula is C52H69N7O7. The Bertz CT molecular complexity index is 2460. The molecule has 0 spiro atoms. The van der Waals surface area contributed by atoms with Gasteiger partial charge in [0, 0.05) is 67.8 Å². The Morgan fingerprint density at radius 2 is 1.85 bits per heavy atom. The summed E-state index contributed by atoms with van der Waals surface area (Å²) in [6, 6.07) is 13.0. The number of phenolic OH excluding ortho intramolecular Hbond substituents is 1. The average molecular weight is 904 g/mol. The van der Waals surface area contributed by atoms with E-state index in [0.717, 1.165) is 76.8 Å². The number of hydrogen-bond donors (Lipinski definition) is 4. The minimum absolute atomic E-state index is 0.0201. The lowest BCUT2D eigenvalue weighted by molar-refractivity contribution is -0.155. The molecule has 354 valence electrons. The molecule has 0 radical (unpaired) electrons. The molecule has 14 heteroatoms. The molecule has 4 aromatic rings. The van der Waals surface area contributed by atoms with Gasteiger partial charge in [0.05, 0.1) is 30.0 Å². The van der Waals surface area contributed by atoms with Gasteiger partial charge in [0.2, 0.25) is 11.8 Å². The van der Waals surface area contributed by atoms with Crippen LogP contribution < -0.4 is 16.1 Å². The van der Waals surface area contributed by atoms with Crippen molar-refractivity contribution in [1.29, 1.82) is 0 Å². The molecule has 4 aliphatic rings. The van der Waals surface area contributed by atoms with Crippen molar-refractivity contribution in [2.75, 3.05) is 33.9 Å². The summed E-state index contributed by atoms with van der Waals surface area (Å²) in [5.74, 6) is -1.38. The fourth-order valence-corrected chi connectivity index (χ4v) is 11.3. The van der Waals surface area contributed by atoms with E-state index in [1.54, 1.807) is 37.4 Å². The first-order valence-corrected chi connectivity index (χ1v) is 24.1. The summed E-state index contributed by atoms with van der Waals surface area (Å²) in [6.45, 7) is 14.1. The van der Waals surface area contributed by atoms with Crippen LogP contribution in [0.5, 0.6) is 5.75 Å². The number of likely N-dealkylation sites (N-methyl/N-ethyl adjacent to an activating group) is 1. The van der Waals surface area contributed by atoms with Crippen LogP contribution in [0.4, 0.5) is 0 Å². The molecule has 3 amide bonds. The molecule has 14 nitrogen and oxygen atoms in total. The van der Waals surface area contributed by atoms with E-state index in [-0.39, 0.29) is 48.7 Å². The highest BCUT2D eigenvalue weighted by molar-refractivity contribution is 5.96. The zero-order valence-electron chi connectivity index (χ0n) is 40.0. The first-order valence-electron chi connectivity index (χ1n) is 24.1. The summed E-state index contributed by atoms with van der Waals surface area (Å²) in [6.07, 6.45) is 7.09. The SMILES string of the molecule is CCn1c(-c2cccnc2[C@H](C)OC)c2c3cc(ccc31)-c1cc(O)cc(c1)C[C@H](NC(=O)[C@H](C(C)C)N(C)C(=O)[C@H]1CC[C@H]3CCCN[C@H]31)C(=O)N1CCC[C@H](N1)C(=O)OCC(C)(C)C2. The average Bonchev–Trinajstić information content (AvgIpc) is 3.87. The number of aromatic nitrogens is 2. The minimum Gasteiger partial charge on any atom is -0.508 e. The number of ether oxygens (including phenoxy) is 2. The molecule has 1 aliphatic carbocycles. The van der Waals surface area contributed by atoms with Gasteiger partial charge >= 0.3 is 5.97 Å². The van der Waals surface area contributed by atoms with Crippen LogP contribution in [0.3, 0.4) is 0 Å². The number of hydrogen-bond acceptors (Lipinski definition) is 10. The van der Waals surface area contributed by atoms with Gasteiger partial charge in [-0.3, -0.25) is 29.2 Å². The summed E-state index contributed by atoms with van der Waals surface area (Å²) < 4.78 is 14.3. The summed E-state index contributed by atoms with van der Waals surface area (Å²) in [5.41, 5.74) is 9.78. The minimum atomic E-state index is -1.11. The van der Waals surface area contributed by atoms with Gasteiger partial charge in [-0.1, -0.05) is 39.8 Å². The van der Waals surface area contributed by atoms with Crippen molar-refractivity contribution in [2.24, 2.45) is 23.2 Å². The highest BCUT2D eigenvalue weighted by Crippen LogP contribution is 2.43. The van der Waals surface area contributed by atoms with Gasteiger partial charge in [0.1, 0.15) is 23.9 Å². The number of aromatic hydroxyl groups is 1. The van der Waals surface area contributed by atoms with Crippen molar-refractivity contribution in [3.05, 3.63) is 71.5 Å². The van der Waals surface area contributed by atoms with Gasteiger partial charge in [-0.25, -0.2) is 5.43 Å². The molecule has 3 aliphatic heterocycles. The van der Waals surface area contributed by atoms with Gasteiger partial charge in [-0.05, 0) is 136 Å². The molecule has 2 aromatic carbocycles. The number of nitrogens with zero attached hydrogens (tertiary/aromatic N) is 4. The molecule has 6 bridgehead atoms. The fourth-order valence-electron chi connectivity index (χ4n) is 11.3. The van der Waals surface area contributed by atoms with E-state index in [4.69, 9.17) is 14.5 Å². The van der Waals surface area contributed by atoms with E-state index in [1.807, 2.05) is 39.0 Å². The van der Waals surface area contributed by atoms with Crippen LogP contribution in [-0.4, -0.2) is 106 Å². The number of fused-ring (bicyclic) bond motifs is 7. The highest BCUT2D eigenvalue weighted by Gasteiger charge is 2.45. The third-order valence-electron chi connectivity index (χ3n) is 14.6. The maximum absolute atomic E-state index is 14.8. The van der Waals surface area contributed by atoms with Crippen LogP contribution in [0, 0.1) is 23.2 Å². The number of esters is 1. The molecule has 0 unspecified atom stereocenters. The fraction of sp³-hybridized carbons (Fsp3) is 0.558. The predicted molar refractivity (Wildman–Crippen MR) is 254 cm³/mol. The number of rotatable bonds is 9. The quantitative estimate of drug-likeness (QED) is 0.133. The summed E-state index contributed by atoms with van der Waals surface area (Å²) in [4.78, 5) is 64.0. The zero-order valence-corrected chi connectivity index (χ0v) is 40.0. The monoisotopic (exact) mass is 904 g/mol. The molecule has 3 fully saturated rings. The van der Waals surface area contributed by atoms with E-state index in [0.29, 0.717) is 43.8 Å². The van der Waals surface area contributed by atoms with Crippen LogP contribution in [0.15, 0.2) is 54.7 Å².